The maximum atomic E-state index is 11.2. The molecule has 0 heterocycles. The van der Waals surface area contributed by atoms with Gasteiger partial charge in [0.25, 0.3) is 0 Å². The van der Waals surface area contributed by atoms with E-state index >= 15 is 0 Å². The van der Waals surface area contributed by atoms with Crippen LogP contribution >= 0.6 is 0 Å². The van der Waals surface area contributed by atoms with E-state index in [1.807, 2.05) is 0 Å². The second-order valence-corrected chi connectivity index (χ2v) is 4.03. The Balaban J connectivity index is 3.49. The van der Waals surface area contributed by atoms with Gasteiger partial charge in [0.15, 0.2) is 0 Å². The van der Waals surface area contributed by atoms with Gasteiger partial charge in [0.1, 0.15) is 13.2 Å². The zero-order valence-corrected chi connectivity index (χ0v) is 11.3. The molecule has 0 unspecified atom stereocenters. The minimum absolute atomic E-state index is 0.0386. The van der Waals surface area contributed by atoms with Crippen molar-refractivity contribution >= 4 is 5.97 Å². The zero-order chi connectivity index (χ0) is 14.3. The van der Waals surface area contributed by atoms with Crippen molar-refractivity contribution in [2.45, 2.75) is 12.8 Å². The Labute approximate surface area is 113 Å². The molecule has 0 aliphatic rings. The van der Waals surface area contributed by atoms with Gasteiger partial charge in [-0.05, 0) is 18.8 Å². The average Bonchev–Trinajstić information content (AvgIpc) is 2.39. The minimum Gasteiger partial charge on any atom is -0.462 e. The third-order valence-electron chi connectivity index (χ3n) is 2.40. The summed E-state index contributed by atoms with van der Waals surface area (Å²) in [5.41, 5.74) is 5.23. The lowest BCUT2D eigenvalue weighted by molar-refractivity contribution is -0.151. The van der Waals surface area contributed by atoms with Crippen molar-refractivity contribution in [1.82, 2.24) is 0 Å². The third-order valence-corrected chi connectivity index (χ3v) is 2.40. The van der Waals surface area contributed by atoms with Crippen LogP contribution in [0.25, 0.3) is 0 Å². The first kappa shape index (κ1) is 18.3. The lowest BCUT2D eigenvalue weighted by atomic mass is 10.0. The van der Waals surface area contributed by atoms with Gasteiger partial charge in [0.05, 0.1) is 19.8 Å². The summed E-state index contributed by atoms with van der Waals surface area (Å²) < 4.78 is 15.1. The van der Waals surface area contributed by atoms with Gasteiger partial charge in [0.2, 0.25) is 0 Å². The Kier molecular flexibility index (Phi) is 13.2. The quantitative estimate of drug-likeness (QED) is 0.290. The first-order valence-corrected chi connectivity index (χ1v) is 6.47. The van der Waals surface area contributed by atoms with Crippen LogP contribution in [0.15, 0.2) is 0 Å². The van der Waals surface area contributed by atoms with E-state index in [1.165, 1.54) is 0 Å². The largest absolute Gasteiger partial charge is 0.462 e. The smallest absolute Gasteiger partial charge is 0.332 e. The highest BCUT2D eigenvalue weighted by molar-refractivity contribution is 5.70. The molecule has 0 aromatic carbocycles. The monoisotopic (exact) mass is 279 g/mol. The SMILES string of the molecule is NCCOCCOC(=O)COCC(CCO)CCO. The van der Waals surface area contributed by atoms with Crippen LogP contribution in [-0.4, -0.2) is 69.0 Å². The third kappa shape index (κ3) is 12.1. The number of aliphatic hydroxyl groups is 2. The van der Waals surface area contributed by atoms with Crippen LogP contribution in [0.5, 0.6) is 0 Å². The van der Waals surface area contributed by atoms with Gasteiger partial charge in [-0.1, -0.05) is 0 Å². The maximum absolute atomic E-state index is 11.2. The van der Waals surface area contributed by atoms with E-state index in [-0.39, 0.29) is 32.3 Å². The number of aliphatic hydroxyl groups excluding tert-OH is 2. The minimum atomic E-state index is -0.455. The van der Waals surface area contributed by atoms with E-state index in [4.69, 9.17) is 30.2 Å². The van der Waals surface area contributed by atoms with E-state index in [1.54, 1.807) is 0 Å². The molecule has 0 fully saturated rings. The molecule has 0 spiro atoms. The summed E-state index contributed by atoms with van der Waals surface area (Å²) in [7, 11) is 0. The fraction of sp³-hybridized carbons (Fsp3) is 0.917. The molecule has 0 rings (SSSR count). The molecule has 0 amide bonds. The Morgan fingerprint density at radius 2 is 1.74 bits per heavy atom. The van der Waals surface area contributed by atoms with Crippen LogP contribution in [0, 0.1) is 5.92 Å². The molecule has 0 aromatic heterocycles. The van der Waals surface area contributed by atoms with Gasteiger partial charge in [0, 0.05) is 19.8 Å². The van der Waals surface area contributed by atoms with E-state index in [9.17, 15) is 4.79 Å². The van der Waals surface area contributed by atoms with Crippen LogP contribution in [0.2, 0.25) is 0 Å². The summed E-state index contributed by atoms with van der Waals surface area (Å²) in [6.07, 6.45) is 1.09. The van der Waals surface area contributed by atoms with E-state index < -0.39 is 5.97 Å². The molecule has 0 aromatic rings. The summed E-state index contributed by atoms with van der Waals surface area (Å²) in [4.78, 5) is 11.2. The predicted octanol–water partition coefficient (Wildman–Crippen LogP) is -1.10. The number of ether oxygens (including phenoxy) is 3. The van der Waals surface area contributed by atoms with Gasteiger partial charge < -0.3 is 30.2 Å². The van der Waals surface area contributed by atoms with Gasteiger partial charge in [-0.15, -0.1) is 0 Å². The zero-order valence-electron chi connectivity index (χ0n) is 11.3. The Bertz CT molecular complexity index is 208. The second kappa shape index (κ2) is 13.7. The van der Waals surface area contributed by atoms with Crippen LogP contribution in [0.4, 0.5) is 0 Å². The molecular formula is C12H25NO6. The van der Waals surface area contributed by atoms with Gasteiger partial charge in [-0.25, -0.2) is 4.79 Å². The normalized spacial score (nSPS) is 10.9. The number of esters is 1. The van der Waals surface area contributed by atoms with Crippen LogP contribution in [0.3, 0.4) is 0 Å². The highest BCUT2D eigenvalue weighted by Crippen LogP contribution is 2.07. The molecule has 0 bridgehead atoms. The molecular weight excluding hydrogens is 254 g/mol. The van der Waals surface area contributed by atoms with Gasteiger partial charge in [-0.3, -0.25) is 0 Å². The molecule has 0 aliphatic carbocycles. The standard InChI is InChI=1S/C12H25NO6/c13-3-6-17-7-8-19-12(16)10-18-9-11(1-4-14)2-5-15/h11,14-15H,1-10,13H2. The summed E-state index contributed by atoms with van der Waals surface area (Å²) in [6, 6.07) is 0. The topological polar surface area (TPSA) is 111 Å². The Morgan fingerprint density at radius 3 is 2.32 bits per heavy atom. The van der Waals surface area contributed by atoms with Crippen molar-refractivity contribution in [3.8, 4) is 0 Å². The number of rotatable bonds is 13. The van der Waals surface area contributed by atoms with E-state index in [2.05, 4.69) is 0 Å². The first-order chi connectivity index (χ1) is 9.24. The van der Waals surface area contributed by atoms with E-state index in [0.29, 0.717) is 39.2 Å². The molecule has 19 heavy (non-hydrogen) atoms. The van der Waals surface area contributed by atoms with Crippen LogP contribution < -0.4 is 5.73 Å². The molecule has 0 saturated heterocycles. The predicted molar refractivity (Wildman–Crippen MR) is 68.5 cm³/mol. The highest BCUT2D eigenvalue weighted by atomic mass is 16.6. The number of hydrogen-bond acceptors (Lipinski definition) is 7. The van der Waals surface area contributed by atoms with Crippen molar-refractivity contribution in [2.75, 3.05) is 52.8 Å². The molecule has 0 saturated carbocycles. The Morgan fingerprint density at radius 1 is 1.05 bits per heavy atom. The lowest BCUT2D eigenvalue weighted by Gasteiger charge is -2.14. The number of nitrogens with two attached hydrogens (primary N) is 1. The fourth-order valence-corrected chi connectivity index (χ4v) is 1.43. The summed E-state index contributed by atoms with van der Waals surface area (Å²) in [5.74, 6) is -0.404. The van der Waals surface area contributed by atoms with Crippen molar-refractivity contribution in [2.24, 2.45) is 11.7 Å². The van der Waals surface area contributed by atoms with Gasteiger partial charge >= 0.3 is 5.97 Å². The van der Waals surface area contributed by atoms with Gasteiger partial charge in [-0.2, -0.15) is 0 Å². The van der Waals surface area contributed by atoms with Crippen LogP contribution in [-0.2, 0) is 19.0 Å². The number of hydrogen-bond donors (Lipinski definition) is 3. The summed E-state index contributed by atoms with van der Waals surface area (Å²) in [5, 5.41) is 17.6. The van der Waals surface area contributed by atoms with E-state index in [0.717, 1.165) is 0 Å². The first-order valence-electron chi connectivity index (χ1n) is 6.47. The molecule has 7 heteroatoms. The van der Waals surface area contributed by atoms with Crippen molar-refractivity contribution in [3.05, 3.63) is 0 Å². The maximum Gasteiger partial charge on any atom is 0.332 e. The average molecular weight is 279 g/mol. The van der Waals surface area contributed by atoms with Crippen molar-refractivity contribution < 1.29 is 29.2 Å². The Hall–Kier alpha value is -0.730. The summed E-state index contributed by atoms with van der Waals surface area (Å²) >= 11 is 0. The van der Waals surface area contributed by atoms with Crippen molar-refractivity contribution in [1.29, 1.82) is 0 Å². The molecule has 0 aliphatic heterocycles. The number of carbonyl (C=O) groups excluding carboxylic acids is 1. The number of carbonyl (C=O) groups is 1. The molecule has 0 atom stereocenters. The molecule has 114 valence electrons. The summed E-state index contributed by atoms with van der Waals surface area (Å²) in [6.45, 7) is 1.64. The fourth-order valence-electron chi connectivity index (χ4n) is 1.43. The molecule has 0 radical (unpaired) electrons. The second-order valence-electron chi connectivity index (χ2n) is 4.03. The van der Waals surface area contributed by atoms with Crippen LogP contribution in [0.1, 0.15) is 12.8 Å². The molecule has 7 nitrogen and oxygen atoms in total. The highest BCUT2D eigenvalue weighted by Gasteiger charge is 2.10. The van der Waals surface area contributed by atoms with Crippen molar-refractivity contribution in [3.63, 3.8) is 0 Å². The molecule has 4 N–H and O–H groups in total. The lowest BCUT2D eigenvalue weighted by Crippen LogP contribution is -2.20.